The summed E-state index contributed by atoms with van der Waals surface area (Å²) in [4.78, 5) is 52.2. The lowest BCUT2D eigenvalue weighted by molar-refractivity contribution is -0.124. The molecule has 2 aromatic rings. The third-order valence-electron chi connectivity index (χ3n) is 7.52. The number of imide groups is 1. The van der Waals surface area contributed by atoms with Crippen LogP contribution in [0.25, 0.3) is 0 Å². The van der Waals surface area contributed by atoms with Gasteiger partial charge < -0.3 is 4.74 Å². The number of ketones is 1. The predicted molar refractivity (Wildman–Crippen MR) is 120 cm³/mol. The first kappa shape index (κ1) is 20.4. The average molecular weight is 462 g/mol. The molecule has 3 fully saturated rings. The predicted octanol–water partition coefficient (Wildman–Crippen LogP) is 3.94. The smallest absolute Gasteiger partial charge is 0.338 e. The van der Waals surface area contributed by atoms with Crippen molar-refractivity contribution in [2.75, 3.05) is 11.5 Å². The van der Waals surface area contributed by atoms with Crippen molar-refractivity contribution < 1.29 is 23.9 Å². The highest BCUT2D eigenvalue weighted by atomic mass is 35.5. The summed E-state index contributed by atoms with van der Waals surface area (Å²) in [7, 11) is 0. The highest BCUT2D eigenvalue weighted by Crippen LogP contribution is 2.65. The number of amides is 2. The minimum absolute atomic E-state index is 0.140. The van der Waals surface area contributed by atoms with Crippen molar-refractivity contribution in [2.24, 2.45) is 35.5 Å². The van der Waals surface area contributed by atoms with Crippen LogP contribution in [0.3, 0.4) is 0 Å². The van der Waals surface area contributed by atoms with E-state index in [2.05, 4.69) is 12.2 Å². The Morgan fingerprint density at radius 2 is 1.39 bits per heavy atom. The number of carbonyl (C=O) groups is 4. The molecule has 0 N–H and O–H groups in total. The first-order valence-electron chi connectivity index (χ1n) is 11.1. The van der Waals surface area contributed by atoms with Gasteiger partial charge in [0.2, 0.25) is 11.8 Å². The third-order valence-corrected chi connectivity index (χ3v) is 7.78. The van der Waals surface area contributed by atoms with E-state index in [1.165, 1.54) is 17.0 Å². The van der Waals surface area contributed by atoms with E-state index in [-0.39, 0.29) is 46.8 Å². The summed E-state index contributed by atoms with van der Waals surface area (Å²) in [6.45, 7) is -0.396. The van der Waals surface area contributed by atoms with Crippen LogP contribution in [0.2, 0.25) is 5.02 Å². The number of benzene rings is 2. The van der Waals surface area contributed by atoms with E-state index >= 15 is 0 Å². The van der Waals surface area contributed by atoms with Crippen LogP contribution in [0.4, 0.5) is 5.69 Å². The molecule has 1 aliphatic heterocycles. The van der Waals surface area contributed by atoms with Crippen molar-refractivity contribution in [2.45, 2.75) is 6.42 Å². The van der Waals surface area contributed by atoms with Crippen LogP contribution < -0.4 is 4.90 Å². The molecule has 2 bridgehead atoms. The molecule has 6 nitrogen and oxygen atoms in total. The van der Waals surface area contributed by atoms with E-state index in [1.54, 1.807) is 36.4 Å². The van der Waals surface area contributed by atoms with E-state index in [0.717, 1.165) is 6.42 Å². The summed E-state index contributed by atoms with van der Waals surface area (Å²) in [6.07, 6.45) is 5.39. The van der Waals surface area contributed by atoms with Crippen LogP contribution in [0, 0.1) is 35.5 Å². The number of nitrogens with zero attached hydrogens (tertiary/aromatic N) is 1. The Labute approximate surface area is 195 Å². The lowest BCUT2D eigenvalue weighted by atomic mass is 9.63. The number of hydrogen-bond acceptors (Lipinski definition) is 5. The van der Waals surface area contributed by atoms with Gasteiger partial charge in [-0.15, -0.1) is 0 Å². The Morgan fingerprint density at radius 3 is 1.97 bits per heavy atom. The lowest BCUT2D eigenvalue weighted by Crippen LogP contribution is -2.40. The van der Waals surface area contributed by atoms with Crippen LogP contribution in [0.1, 0.15) is 27.1 Å². The van der Waals surface area contributed by atoms with Gasteiger partial charge >= 0.3 is 5.97 Å². The second-order valence-electron chi connectivity index (χ2n) is 9.22. The quantitative estimate of drug-likeness (QED) is 0.291. The zero-order valence-corrected chi connectivity index (χ0v) is 18.3. The zero-order chi connectivity index (χ0) is 22.9. The molecule has 7 rings (SSSR count). The van der Waals surface area contributed by atoms with Gasteiger partial charge in [0.15, 0.2) is 12.4 Å². The highest BCUT2D eigenvalue weighted by Gasteiger charge is 2.67. The number of ether oxygens (including phenoxy) is 1. The largest absolute Gasteiger partial charge is 0.454 e. The summed E-state index contributed by atoms with van der Waals surface area (Å²) >= 11 is 5.82. The molecular formula is C26H20ClNO5. The number of halogens is 1. The van der Waals surface area contributed by atoms with Gasteiger partial charge in [0.05, 0.1) is 23.1 Å². The number of allylic oxidation sites excluding steroid dienone is 2. The van der Waals surface area contributed by atoms with Gasteiger partial charge in [-0.25, -0.2) is 4.79 Å². The number of hydrogen-bond donors (Lipinski definition) is 0. The van der Waals surface area contributed by atoms with Crippen LogP contribution in [0.15, 0.2) is 60.7 Å². The van der Waals surface area contributed by atoms with Crippen molar-refractivity contribution in [1.29, 1.82) is 0 Å². The average Bonchev–Trinajstić information content (AvgIpc) is 3.61. The standard InChI is InChI=1S/C26H20ClNO5/c27-15-5-1-13(2-6-15)21(29)12-33-26(32)14-3-7-16(8-4-14)28-24(30)22-17-9-10-18(20-11-19(17)20)23(22)25(28)31/h1-10,17-20,22-23H,11-12H2/t17-,18-,19-,20+,22+,23+/m0/s1. The highest BCUT2D eigenvalue weighted by molar-refractivity contribution is 6.30. The topological polar surface area (TPSA) is 80.8 Å². The molecule has 5 aliphatic rings. The van der Waals surface area contributed by atoms with Gasteiger partial charge in [0.25, 0.3) is 0 Å². The van der Waals surface area contributed by atoms with Crippen molar-refractivity contribution in [3.63, 3.8) is 0 Å². The molecule has 33 heavy (non-hydrogen) atoms. The maximum absolute atomic E-state index is 13.2. The van der Waals surface area contributed by atoms with Crippen molar-refractivity contribution >= 4 is 40.9 Å². The molecule has 1 saturated heterocycles. The lowest BCUT2D eigenvalue weighted by Gasteiger charge is -2.37. The molecule has 6 atom stereocenters. The second kappa shape index (κ2) is 7.39. The minimum atomic E-state index is -0.654. The molecular weight excluding hydrogens is 442 g/mol. The monoisotopic (exact) mass is 461 g/mol. The van der Waals surface area contributed by atoms with E-state index < -0.39 is 12.6 Å². The zero-order valence-electron chi connectivity index (χ0n) is 17.5. The summed E-state index contributed by atoms with van der Waals surface area (Å²) in [6, 6.07) is 12.5. The molecule has 2 amide bonds. The fourth-order valence-corrected chi connectivity index (χ4v) is 6.02. The Hall–Kier alpha value is -3.25. The number of Topliss-reactive ketones (excluding diaryl/α,β-unsaturated/α-hetero) is 1. The molecule has 0 radical (unpaired) electrons. The fourth-order valence-electron chi connectivity index (χ4n) is 5.89. The number of rotatable bonds is 5. The van der Waals surface area contributed by atoms with Gasteiger partial charge in [-0.1, -0.05) is 23.8 Å². The Kier molecular flexibility index (Phi) is 4.56. The molecule has 1 heterocycles. The van der Waals surface area contributed by atoms with Crippen LogP contribution in [0.5, 0.6) is 0 Å². The summed E-state index contributed by atoms with van der Waals surface area (Å²) in [5, 5.41) is 0.513. The molecule has 7 heteroatoms. The third kappa shape index (κ3) is 3.16. The Balaban J connectivity index is 1.14. The first-order chi connectivity index (χ1) is 15.9. The molecule has 0 spiro atoms. The summed E-state index contributed by atoms with van der Waals surface area (Å²) in [5.74, 6) is -0.376. The van der Waals surface area contributed by atoms with E-state index in [0.29, 0.717) is 28.1 Å². The van der Waals surface area contributed by atoms with Crippen molar-refractivity contribution in [1.82, 2.24) is 0 Å². The number of carbonyl (C=O) groups excluding carboxylic acids is 4. The Bertz CT molecular complexity index is 1180. The number of anilines is 1. The molecule has 4 aliphatic carbocycles. The van der Waals surface area contributed by atoms with Crippen molar-refractivity contribution in [3.8, 4) is 0 Å². The van der Waals surface area contributed by atoms with Crippen LogP contribution >= 0.6 is 11.6 Å². The van der Waals surface area contributed by atoms with E-state index in [4.69, 9.17) is 16.3 Å². The van der Waals surface area contributed by atoms with Gasteiger partial charge in [-0.3, -0.25) is 19.3 Å². The van der Waals surface area contributed by atoms with Gasteiger partial charge in [-0.05, 0) is 78.6 Å². The molecule has 0 unspecified atom stereocenters. The van der Waals surface area contributed by atoms with Crippen LogP contribution in [-0.2, 0) is 14.3 Å². The first-order valence-corrected chi connectivity index (χ1v) is 11.4. The van der Waals surface area contributed by atoms with Gasteiger partial charge in [0.1, 0.15) is 0 Å². The summed E-state index contributed by atoms with van der Waals surface area (Å²) < 4.78 is 5.14. The molecule has 0 aromatic heterocycles. The van der Waals surface area contributed by atoms with Gasteiger partial charge in [-0.2, -0.15) is 0 Å². The summed E-state index contributed by atoms with van der Waals surface area (Å²) in [5.41, 5.74) is 1.10. The Morgan fingerprint density at radius 1 is 0.848 bits per heavy atom. The minimum Gasteiger partial charge on any atom is -0.454 e. The maximum Gasteiger partial charge on any atom is 0.338 e. The maximum atomic E-state index is 13.2. The molecule has 166 valence electrons. The van der Waals surface area contributed by atoms with Crippen LogP contribution in [-0.4, -0.2) is 30.2 Å². The normalized spacial score (nSPS) is 30.8. The number of esters is 1. The van der Waals surface area contributed by atoms with E-state index in [1.807, 2.05) is 0 Å². The van der Waals surface area contributed by atoms with Crippen molar-refractivity contribution in [3.05, 3.63) is 76.8 Å². The van der Waals surface area contributed by atoms with E-state index in [9.17, 15) is 19.2 Å². The molecule has 2 aromatic carbocycles. The molecule has 2 saturated carbocycles. The fraction of sp³-hybridized carbons (Fsp3) is 0.308. The SMILES string of the molecule is O=C(COC(=O)c1ccc(N2C(=O)[C@@H]3[C@H]4C=C[C@@H]([C@@H]5C[C@H]45)[C@H]3C2=O)cc1)c1ccc(Cl)cc1. The second-order valence-corrected chi connectivity index (χ2v) is 9.66. The van der Waals surface area contributed by atoms with Gasteiger partial charge in [0, 0.05) is 10.6 Å².